The Labute approximate surface area is 147 Å². The molecule has 3 aromatic rings. The van der Waals surface area contributed by atoms with E-state index in [-0.39, 0.29) is 11.6 Å². The van der Waals surface area contributed by atoms with E-state index in [0.29, 0.717) is 28.2 Å². The summed E-state index contributed by atoms with van der Waals surface area (Å²) in [4.78, 5) is 27.7. The van der Waals surface area contributed by atoms with Gasteiger partial charge in [-0.25, -0.2) is 0 Å². The maximum Gasteiger partial charge on any atom is 0.279 e. The first-order valence-corrected chi connectivity index (χ1v) is 8.36. The molecule has 0 aliphatic heterocycles. The van der Waals surface area contributed by atoms with Gasteiger partial charge in [0.25, 0.3) is 11.6 Å². The number of ether oxygens (including phenoxy) is 1. The van der Waals surface area contributed by atoms with Crippen molar-refractivity contribution in [3.8, 4) is 5.75 Å². The van der Waals surface area contributed by atoms with E-state index in [4.69, 9.17) is 4.74 Å². The van der Waals surface area contributed by atoms with Crippen LogP contribution in [0.5, 0.6) is 5.75 Å². The molecule has 8 heteroatoms. The maximum absolute atomic E-state index is 12.5. The number of nitrogens with zero attached hydrogens (tertiary/aromatic N) is 3. The zero-order valence-corrected chi connectivity index (χ0v) is 14.4. The molecule has 0 radical (unpaired) electrons. The Kier molecular flexibility index (Phi) is 4.62. The second-order valence-corrected chi connectivity index (χ2v) is 6.20. The van der Waals surface area contributed by atoms with E-state index in [2.05, 4.69) is 4.99 Å². The fraction of sp³-hybridized carbons (Fsp3) is 0.176. The smallest absolute Gasteiger partial charge is 0.279 e. The van der Waals surface area contributed by atoms with Crippen LogP contribution in [0.1, 0.15) is 17.3 Å². The van der Waals surface area contributed by atoms with Crippen LogP contribution in [-0.4, -0.2) is 22.5 Å². The highest BCUT2D eigenvalue weighted by molar-refractivity contribution is 7.16. The third-order valence-corrected chi connectivity index (χ3v) is 4.77. The molecule has 0 saturated carbocycles. The van der Waals surface area contributed by atoms with E-state index in [1.54, 1.807) is 34.9 Å². The molecule has 0 aliphatic carbocycles. The van der Waals surface area contributed by atoms with E-state index >= 15 is 0 Å². The van der Waals surface area contributed by atoms with Gasteiger partial charge < -0.3 is 9.30 Å². The number of non-ortho nitro benzene ring substituents is 1. The van der Waals surface area contributed by atoms with Gasteiger partial charge in [-0.15, -0.1) is 0 Å². The number of carbonyl (C=O) groups excluding carboxylic acids is 1. The summed E-state index contributed by atoms with van der Waals surface area (Å²) in [5.74, 6) is 0.193. The van der Waals surface area contributed by atoms with Gasteiger partial charge in [-0.2, -0.15) is 4.99 Å². The number of amides is 1. The highest BCUT2D eigenvalue weighted by atomic mass is 32.1. The molecule has 25 heavy (non-hydrogen) atoms. The van der Waals surface area contributed by atoms with Crippen LogP contribution in [0.3, 0.4) is 0 Å². The Balaban J connectivity index is 2.12. The second-order valence-electron chi connectivity index (χ2n) is 5.19. The topological polar surface area (TPSA) is 86.7 Å². The van der Waals surface area contributed by atoms with Crippen LogP contribution in [-0.2, 0) is 6.54 Å². The molecule has 0 atom stereocenters. The molecule has 0 saturated heterocycles. The van der Waals surface area contributed by atoms with Gasteiger partial charge in [0.05, 0.1) is 22.2 Å². The normalized spacial score (nSPS) is 11.7. The monoisotopic (exact) mass is 357 g/mol. The van der Waals surface area contributed by atoms with Gasteiger partial charge in [-0.3, -0.25) is 14.9 Å². The number of fused-ring (bicyclic) bond motifs is 1. The number of thiazole rings is 1. The molecule has 0 bridgehead atoms. The first kappa shape index (κ1) is 16.8. The molecule has 1 amide bonds. The third-order valence-electron chi connectivity index (χ3n) is 3.71. The molecule has 0 N–H and O–H groups in total. The summed E-state index contributed by atoms with van der Waals surface area (Å²) in [6, 6.07) is 11.4. The summed E-state index contributed by atoms with van der Waals surface area (Å²) in [6.45, 7) is 2.45. The van der Waals surface area contributed by atoms with Gasteiger partial charge in [0, 0.05) is 24.2 Å². The molecule has 0 fully saturated rings. The number of hydrogen-bond acceptors (Lipinski definition) is 5. The molecule has 3 rings (SSSR count). The third kappa shape index (κ3) is 3.29. The predicted molar refractivity (Wildman–Crippen MR) is 95.0 cm³/mol. The fourth-order valence-corrected chi connectivity index (χ4v) is 3.54. The first-order valence-electron chi connectivity index (χ1n) is 7.54. The van der Waals surface area contributed by atoms with E-state index in [9.17, 15) is 14.9 Å². The lowest BCUT2D eigenvalue weighted by atomic mass is 10.2. The van der Waals surface area contributed by atoms with E-state index in [1.165, 1.54) is 30.6 Å². The van der Waals surface area contributed by atoms with Crippen LogP contribution in [0.2, 0.25) is 0 Å². The number of benzene rings is 2. The summed E-state index contributed by atoms with van der Waals surface area (Å²) >= 11 is 1.32. The van der Waals surface area contributed by atoms with Crippen LogP contribution in [0.15, 0.2) is 47.5 Å². The van der Waals surface area contributed by atoms with Crippen LogP contribution >= 0.6 is 11.3 Å². The van der Waals surface area contributed by atoms with Crippen LogP contribution in [0.25, 0.3) is 10.2 Å². The van der Waals surface area contributed by atoms with Crippen molar-refractivity contribution in [3.63, 3.8) is 0 Å². The summed E-state index contributed by atoms with van der Waals surface area (Å²) in [6.07, 6.45) is 0. The Hall–Kier alpha value is -3.00. The average Bonchev–Trinajstić information content (AvgIpc) is 2.97. The van der Waals surface area contributed by atoms with Gasteiger partial charge in [0.1, 0.15) is 5.75 Å². The van der Waals surface area contributed by atoms with E-state index in [1.807, 2.05) is 6.92 Å². The van der Waals surface area contributed by atoms with Gasteiger partial charge >= 0.3 is 0 Å². The number of aryl methyl sites for hydroxylation is 1. The summed E-state index contributed by atoms with van der Waals surface area (Å²) in [7, 11) is 1.53. The Bertz CT molecular complexity index is 1040. The van der Waals surface area contributed by atoms with Crippen LogP contribution in [0.4, 0.5) is 5.69 Å². The van der Waals surface area contributed by atoms with Gasteiger partial charge in [-0.1, -0.05) is 17.4 Å². The number of rotatable bonds is 4. The Morgan fingerprint density at radius 3 is 2.80 bits per heavy atom. The first-order chi connectivity index (χ1) is 12.0. The number of methoxy groups -OCH3 is 1. The van der Waals surface area contributed by atoms with E-state index < -0.39 is 4.92 Å². The minimum atomic E-state index is -0.435. The summed E-state index contributed by atoms with van der Waals surface area (Å²) < 4.78 is 7.76. The maximum atomic E-state index is 12.5. The fourth-order valence-electron chi connectivity index (χ4n) is 2.47. The second kappa shape index (κ2) is 6.86. The number of nitro benzene ring substituents is 1. The van der Waals surface area contributed by atoms with Crippen molar-refractivity contribution in [2.24, 2.45) is 4.99 Å². The molecule has 0 spiro atoms. The quantitative estimate of drug-likeness (QED) is 0.529. The minimum absolute atomic E-state index is 0.0122. The molecule has 1 aromatic heterocycles. The molecule has 128 valence electrons. The predicted octanol–water partition coefficient (Wildman–Crippen LogP) is 3.38. The molecule has 0 aliphatic rings. The number of nitro groups is 1. The van der Waals surface area contributed by atoms with Gasteiger partial charge in [0.15, 0.2) is 4.80 Å². The van der Waals surface area contributed by atoms with Crippen molar-refractivity contribution in [3.05, 3.63) is 62.9 Å². The van der Waals surface area contributed by atoms with Crippen molar-refractivity contribution in [1.82, 2.24) is 4.57 Å². The number of aromatic nitrogens is 1. The average molecular weight is 357 g/mol. The molecule has 1 heterocycles. The lowest BCUT2D eigenvalue weighted by molar-refractivity contribution is -0.384. The van der Waals surface area contributed by atoms with Crippen molar-refractivity contribution in [2.45, 2.75) is 13.5 Å². The Morgan fingerprint density at radius 1 is 1.32 bits per heavy atom. The summed E-state index contributed by atoms with van der Waals surface area (Å²) in [5.41, 5.74) is 1.13. The molecule has 0 unspecified atom stereocenters. The standard InChI is InChI=1S/C17H15N3O4S/c1-3-19-14-10-12(20(22)23)7-8-15(14)25-17(19)18-16(21)11-5-4-6-13(9-11)24-2/h4-10H,3H2,1-2H3. The van der Waals surface area contributed by atoms with E-state index in [0.717, 1.165) is 4.70 Å². The Morgan fingerprint density at radius 2 is 2.12 bits per heavy atom. The van der Waals surface area contributed by atoms with Crippen LogP contribution in [0, 0.1) is 10.1 Å². The highest BCUT2D eigenvalue weighted by Crippen LogP contribution is 2.23. The number of hydrogen-bond donors (Lipinski definition) is 0. The van der Waals surface area contributed by atoms with Crippen molar-refractivity contribution < 1.29 is 14.5 Å². The molecular weight excluding hydrogens is 342 g/mol. The van der Waals surface area contributed by atoms with Crippen molar-refractivity contribution in [2.75, 3.05) is 7.11 Å². The van der Waals surface area contributed by atoms with Crippen LogP contribution < -0.4 is 9.54 Å². The molecular formula is C17H15N3O4S. The number of carbonyl (C=O) groups is 1. The lowest BCUT2D eigenvalue weighted by Gasteiger charge is -2.02. The zero-order valence-electron chi connectivity index (χ0n) is 13.6. The highest BCUT2D eigenvalue weighted by Gasteiger charge is 2.13. The SMILES string of the molecule is CCn1c(=NC(=O)c2cccc(OC)c2)sc2ccc([N+](=O)[O-])cc21. The van der Waals surface area contributed by atoms with Gasteiger partial charge in [-0.05, 0) is 31.2 Å². The van der Waals surface area contributed by atoms with Crippen molar-refractivity contribution in [1.29, 1.82) is 0 Å². The van der Waals surface area contributed by atoms with Crippen molar-refractivity contribution >= 4 is 33.1 Å². The largest absolute Gasteiger partial charge is 0.497 e. The molecule has 7 nitrogen and oxygen atoms in total. The zero-order chi connectivity index (χ0) is 18.0. The van der Waals surface area contributed by atoms with Gasteiger partial charge in [0.2, 0.25) is 0 Å². The minimum Gasteiger partial charge on any atom is -0.497 e. The lowest BCUT2D eigenvalue weighted by Crippen LogP contribution is -2.16. The summed E-state index contributed by atoms with van der Waals surface area (Å²) in [5, 5.41) is 11.0. The molecule has 2 aromatic carbocycles.